The zero-order chi connectivity index (χ0) is 14.2. The summed E-state index contributed by atoms with van der Waals surface area (Å²) in [6.45, 7) is 7.29. The molecule has 0 aromatic carbocycles. The number of aryl methyl sites for hydroxylation is 1. The fraction of sp³-hybridized carbons (Fsp3) is 0.778. The lowest BCUT2D eigenvalue weighted by Crippen LogP contribution is -2.27. The van der Waals surface area contributed by atoms with Crippen molar-refractivity contribution in [3.05, 3.63) is 21.4 Å². The summed E-state index contributed by atoms with van der Waals surface area (Å²) < 4.78 is 0. The second-order valence-electron chi connectivity index (χ2n) is 7.53. The first kappa shape index (κ1) is 14.2. The summed E-state index contributed by atoms with van der Waals surface area (Å²) in [5, 5.41) is 3.65. The molecule has 0 radical (unpaired) electrons. The normalized spacial score (nSPS) is 22.2. The van der Waals surface area contributed by atoms with Crippen LogP contribution >= 0.6 is 11.3 Å². The highest BCUT2D eigenvalue weighted by molar-refractivity contribution is 7.12. The van der Waals surface area contributed by atoms with Crippen molar-refractivity contribution >= 4 is 11.3 Å². The molecule has 0 saturated heterocycles. The van der Waals surface area contributed by atoms with E-state index in [-0.39, 0.29) is 0 Å². The molecule has 0 unspecified atom stereocenters. The van der Waals surface area contributed by atoms with Crippen molar-refractivity contribution in [3.8, 4) is 0 Å². The van der Waals surface area contributed by atoms with Crippen LogP contribution in [0, 0.1) is 18.8 Å². The smallest absolute Gasteiger partial charge is 0.0302 e. The van der Waals surface area contributed by atoms with Crippen molar-refractivity contribution in [3.63, 3.8) is 0 Å². The van der Waals surface area contributed by atoms with Crippen LogP contribution in [0.25, 0.3) is 0 Å². The summed E-state index contributed by atoms with van der Waals surface area (Å²) in [5.41, 5.74) is 1.59. The third-order valence-electron chi connectivity index (χ3n) is 5.03. The standard InChI is InChI=1S/C18H28N2S/c1-13-16(8-18(21-13)9-19-17-6-7-17)12-20(10-14-2-3-14)11-15-4-5-15/h8,14-15,17,19H,2-7,9-12H2,1H3. The van der Waals surface area contributed by atoms with Crippen LogP contribution in [-0.2, 0) is 13.1 Å². The van der Waals surface area contributed by atoms with E-state index >= 15 is 0 Å². The minimum absolute atomic E-state index is 0.817. The van der Waals surface area contributed by atoms with Crippen LogP contribution < -0.4 is 5.32 Å². The van der Waals surface area contributed by atoms with E-state index in [2.05, 4.69) is 23.2 Å². The first-order valence-electron chi connectivity index (χ1n) is 8.80. The Morgan fingerprint density at radius 1 is 1.10 bits per heavy atom. The minimum Gasteiger partial charge on any atom is -0.309 e. The van der Waals surface area contributed by atoms with E-state index in [1.165, 1.54) is 63.0 Å². The average molecular weight is 305 g/mol. The van der Waals surface area contributed by atoms with Crippen molar-refractivity contribution in [2.45, 2.75) is 64.6 Å². The van der Waals surface area contributed by atoms with E-state index in [1.54, 1.807) is 10.4 Å². The van der Waals surface area contributed by atoms with E-state index in [0.717, 1.165) is 24.4 Å². The van der Waals surface area contributed by atoms with Crippen molar-refractivity contribution in [1.29, 1.82) is 0 Å². The SMILES string of the molecule is Cc1sc(CNC2CC2)cc1CN(CC1CC1)CC1CC1. The molecule has 21 heavy (non-hydrogen) atoms. The molecule has 3 aliphatic carbocycles. The van der Waals surface area contributed by atoms with Gasteiger partial charge in [-0.15, -0.1) is 11.3 Å². The van der Waals surface area contributed by atoms with Gasteiger partial charge < -0.3 is 5.32 Å². The second-order valence-corrected chi connectivity index (χ2v) is 8.87. The van der Waals surface area contributed by atoms with Crippen molar-refractivity contribution in [2.75, 3.05) is 13.1 Å². The zero-order valence-corrected chi connectivity index (χ0v) is 14.1. The highest BCUT2D eigenvalue weighted by Gasteiger charge is 2.29. The molecule has 116 valence electrons. The number of nitrogens with one attached hydrogen (secondary N) is 1. The molecule has 1 N–H and O–H groups in total. The maximum absolute atomic E-state index is 3.65. The average Bonchev–Trinajstić information content (AvgIpc) is 3.31. The van der Waals surface area contributed by atoms with Gasteiger partial charge in [-0.05, 0) is 68.9 Å². The highest BCUT2D eigenvalue weighted by Crippen LogP contribution is 2.35. The van der Waals surface area contributed by atoms with E-state index < -0.39 is 0 Å². The fourth-order valence-electron chi connectivity index (χ4n) is 3.14. The zero-order valence-electron chi connectivity index (χ0n) is 13.2. The highest BCUT2D eigenvalue weighted by atomic mass is 32.1. The summed E-state index contributed by atoms with van der Waals surface area (Å²) in [6.07, 6.45) is 8.66. The molecule has 4 rings (SSSR count). The first-order valence-corrected chi connectivity index (χ1v) is 9.62. The molecular formula is C18H28N2S. The predicted molar refractivity (Wildman–Crippen MR) is 89.6 cm³/mol. The van der Waals surface area contributed by atoms with Gasteiger partial charge in [0.1, 0.15) is 0 Å². The number of thiophene rings is 1. The summed E-state index contributed by atoms with van der Waals surface area (Å²) in [7, 11) is 0. The summed E-state index contributed by atoms with van der Waals surface area (Å²) in [4.78, 5) is 5.83. The molecule has 1 aromatic rings. The van der Waals surface area contributed by atoms with E-state index in [9.17, 15) is 0 Å². The monoisotopic (exact) mass is 304 g/mol. The van der Waals surface area contributed by atoms with Gasteiger partial charge in [-0.3, -0.25) is 4.90 Å². The van der Waals surface area contributed by atoms with Crippen molar-refractivity contribution < 1.29 is 0 Å². The minimum atomic E-state index is 0.817. The Hall–Kier alpha value is -0.380. The van der Waals surface area contributed by atoms with Crippen LogP contribution in [0.4, 0.5) is 0 Å². The van der Waals surface area contributed by atoms with Gasteiger partial charge in [0.2, 0.25) is 0 Å². The molecule has 3 heteroatoms. The van der Waals surface area contributed by atoms with Gasteiger partial charge in [0.15, 0.2) is 0 Å². The van der Waals surface area contributed by atoms with Gasteiger partial charge in [0.25, 0.3) is 0 Å². The van der Waals surface area contributed by atoms with E-state index in [1.807, 2.05) is 11.3 Å². The number of hydrogen-bond donors (Lipinski definition) is 1. The predicted octanol–water partition coefficient (Wildman–Crippen LogP) is 3.93. The molecule has 0 bridgehead atoms. The number of rotatable bonds is 9. The molecule has 1 heterocycles. The van der Waals surface area contributed by atoms with Crippen LogP contribution in [0.1, 0.15) is 53.8 Å². The third-order valence-corrected chi connectivity index (χ3v) is 6.13. The Balaban J connectivity index is 1.35. The second kappa shape index (κ2) is 6.02. The lowest BCUT2D eigenvalue weighted by molar-refractivity contribution is 0.244. The lowest BCUT2D eigenvalue weighted by atomic mass is 10.2. The Kier molecular flexibility index (Phi) is 4.08. The molecule has 2 nitrogen and oxygen atoms in total. The van der Waals surface area contributed by atoms with Gasteiger partial charge in [-0.2, -0.15) is 0 Å². The van der Waals surface area contributed by atoms with Gasteiger partial charge in [0.05, 0.1) is 0 Å². The van der Waals surface area contributed by atoms with Crippen LogP contribution in [0.3, 0.4) is 0 Å². The Bertz CT molecular complexity index is 469. The Morgan fingerprint density at radius 2 is 1.76 bits per heavy atom. The van der Waals surface area contributed by atoms with E-state index in [0.29, 0.717) is 0 Å². The first-order chi connectivity index (χ1) is 10.3. The maximum Gasteiger partial charge on any atom is 0.0302 e. The molecule has 0 spiro atoms. The molecule has 3 fully saturated rings. The van der Waals surface area contributed by atoms with Crippen LogP contribution in [-0.4, -0.2) is 24.0 Å². The molecule has 1 aromatic heterocycles. The number of nitrogens with zero attached hydrogens (tertiary/aromatic N) is 1. The third kappa shape index (κ3) is 4.30. The van der Waals surface area contributed by atoms with Gasteiger partial charge in [-0.25, -0.2) is 0 Å². The topological polar surface area (TPSA) is 15.3 Å². The van der Waals surface area contributed by atoms with Crippen LogP contribution in [0.5, 0.6) is 0 Å². The van der Waals surface area contributed by atoms with Gasteiger partial charge in [-0.1, -0.05) is 0 Å². The molecule has 0 aliphatic heterocycles. The molecule has 0 amide bonds. The molecule has 3 saturated carbocycles. The quantitative estimate of drug-likeness (QED) is 0.743. The summed E-state index contributed by atoms with van der Waals surface area (Å²) in [6, 6.07) is 3.29. The van der Waals surface area contributed by atoms with Crippen LogP contribution in [0.2, 0.25) is 0 Å². The van der Waals surface area contributed by atoms with Crippen molar-refractivity contribution in [1.82, 2.24) is 10.2 Å². The van der Waals surface area contributed by atoms with Gasteiger partial charge in [0, 0.05) is 42.0 Å². The van der Waals surface area contributed by atoms with Crippen LogP contribution in [0.15, 0.2) is 6.07 Å². The Labute approximate surface area is 132 Å². The number of hydrogen-bond acceptors (Lipinski definition) is 3. The summed E-state index contributed by atoms with van der Waals surface area (Å²) in [5.74, 6) is 2.03. The lowest BCUT2D eigenvalue weighted by Gasteiger charge is -2.22. The largest absolute Gasteiger partial charge is 0.309 e. The maximum atomic E-state index is 3.65. The van der Waals surface area contributed by atoms with Crippen molar-refractivity contribution in [2.24, 2.45) is 11.8 Å². The van der Waals surface area contributed by atoms with E-state index in [4.69, 9.17) is 0 Å². The summed E-state index contributed by atoms with van der Waals surface area (Å²) >= 11 is 2.01. The Morgan fingerprint density at radius 3 is 2.33 bits per heavy atom. The molecule has 3 aliphatic rings. The molecular weight excluding hydrogens is 276 g/mol. The fourth-order valence-corrected chi connectivity index (χ4v) is 4.14. The van der Waals surface area contributed by atoms with Gasteiger partial charge >= 0.3 is 0 Å². The molecule has 0 atom stereocenters.